The highest BCUT2D eigenvalue weighted by molar-refractivity contribution is 5.73. The first-order chi connectivity index (χ1) is 16.1. The lowest BCUT2D eigenvalue weighted by Gasteiger charge is -2.43. The average molecular weight is 474 g/mol. The number of carbonyl (C=O) groups is 1. The van der Waals surface area contributed by atoms with Crippen LogP contribution in [0.25, 0.3) is 0 Å². The second-order valence-corrected chi connectivity index (χ2v) is 9.90. The van der Waals surface area contributed by atoms with Gasteiger partial charge in [-0.1, -0.05) is 38.1 Å². The molecule has 3 rings (SSSR count). The summed E-state index contributed by atoms with van der Waals surface area (Å²) < 4.78 is 27.4. The molecule has 1 aliphatic rings. The molecular weight excluding hydrogens is 436 g/mol. The Morgan fingerprint density at radius 2 is 1.76 bits per heavy atom. The molecule has 3 N–H and O–H groups in total. The van der Waals surface area contributed by atoms with E-state index in [2.05, 4.69) is 60.7 Å². The van der Waals surface area contributed by atoms with Crippen molar-refractivity contribution in [2.24, 2.45) is 0 Å². The smallest absolute Gasteiger partial charge is 0.217 e. The molecule has 186 valence electrons. The average Bonchev–Trinajstić information content (AvgIpc) is 2.77. The van der Waals surface area contributed by atoms with Gasteiger partial charge in [0.05, 0.1) is 12.1 Å². The zero-order valence-electron chi connectivity index (χ0n) is 20.6. The van der Waals surface area contributed by atoms with E-state index < -0.39 is 23.8 Å². The molecule has 1 saturated heterocycles. The van der Waals surface area contributed by atoms with Crippen LogP contribution in [0.2, 0.25) is 0 Å². The van der Waals surface area contributed by atoms with Crippen molar-refractivity contribution in [2.75, 3.05) is 26.7 Å². The number of piperidine rings is 1. The first-order valence-electron chi connectivity index (χ1n) is 12.0. The molecule has 1 aliphatic heterocycles. The van der Waals surface area contributed by atoms with Gasteiger partial charge in [-0.2, -0.15) is 0 Å². The number of nitrogens with one attached hydrogen (secondary N) is 2. The molecule has 0 radical (unpaired) electrons. The number of amides is 1. The summed E-state index contributed by atoms with van der Waals surface area (Å²) in [6.45, 7) is 7.79. The monoisotopic (exact) mass is 473 g/mol. The normalized spacial score (nSPS) is 18.0. The summed E-state index contributed by atoms with van der Waals surface area (Å²) in [5.74, 6) is -1.26. The molecule has 0 bridgehead atoms. The van der Waals surface area contributed by atoms with Gasteiger partial charge in [0, 0.05) is 25.1 Å². The highest BCUT2D eigenvalue weighted by Gasteiger charge is 2.36. The van der Waals surface area contributed by atoms with Crippen LogP contribution in [0.4, 0.5) is 8.78 Å². The third-order valence-corrected chi connectivity index (χ3v) is 6.83. The first-order valence-corrected chi connectivity index (χ1v) is 12.0. The van der Waals surface area contributed by atoms with E-state index in [0.29, 0.717) is 11.5 Å². The maximum Gasteiger partial charge on any atom is 0.217 e. The van der Waals surface area contributed by atoms with Crippen LogP contribution in [-0.4, -0.2) is 54.7 Å². The van der Waals surface area contributed by atoms with Gasteiger partial charge in [0.1, 0.15) is 11.6 Å². The fourth-order valence-corrected chi connectivity index (χ4v) is 4.73. The fraction of sp³-hybridized carbons (Fsp3) is 0.519. The Balaban J connectivity index is 1.80. The van der Waals surface area contributed by atoms with Crippen molar-refractivity contribution < 1.29 is 18.7 Å². The molecule has 1 heterocycles. The van der Waals surface area contributed by atoms with Gasteiger partial charge in [-0.15, -0.1) is 0 Å². The Hall–Kier alpha value is -2.35. The van der Waals surface area contributed by atoms with Gasteiger partial charge in [0.2, 0.25) is 5.91 Å². The van der Waals surface area contributed by atoms with Crippen molar-refractivity contribution in [3.63, 3.8) is 0 Å². The molecule has 0 saturated carbocycles. The summed E-state index contributed by atoms with van der Waals surface area (Å²) in [4.78, 5) is 14.1. The predicted octanol–water partition coefficient (Wildman–Crippen LogP) is 3.71. The van der Waals surface area contributed by atoms with E-state index in [9.17, 15) is 18.7 Å². The largest absolute Gasteiger partial charge is 0.390 e. The molecule has 0 aliphatic carbocycles. The summed E-state index contributed by atoms with van der Waals surface area (Å²) in [5.41, 5.74) is 2.54. The maximum atomic E-state index is 13.7. The summed E-state index contributed by atoms with van der Waals surface area (Å²) >= 11 is 0. The van der Waals surface area contributed by atoms with E-state index in [-0.39, 0.29) is 24.4 Å². The Kier molecular flexibility index (Phi) is 8.79. The van der Waals surface area contributed by atoms with Crippen LogP contribution in [-0.2, 0) is 16.8 Å². The first kappa shape index (κ1) is 26.3. The second-order valence-electron chi connectivity index (χ2n) is 9.90. The van der Waals surface area contributed by atoms with Crippen LogP contribution in [0, 0.1) is 11.6 Å². The number of aliphatic hydroxyl groups is 1. The van der Waals surface area contributed by atoms with Crippen LogP contribution in [0.5, 0.6) is 0 Å². The highest BCUT2D eigenvalue weighted by atomic mass is 19.1. The molecular formula is C27H37F2N3O2. The number of aliphatic hydroxyl groups excluding tert-OH is 1. The number of likely N-dealkylation sites (tertiary alicyclic amines) is 1. The molecule has 0 aromatic heterocycles. The summed E-state index contributed by atoms with van der Waals surface area (Å²) in [6, 6.07) is 11.2. The quantitative estimate of drug-likeness (QED) is 0.520. The second kappa shape index (κ2) is 11.4. The van der Waals surface area contributed by atoms with Crippen LogP contribution < -0.4 is 10.6 Å². The van der Waals surface area contributed by atoms with Gasteiger partial charge < -0.3 is 20.6 Å². The number of carbonyl (C=O) groups excluding carboxylic acids is 1. The number of hydrogen-bond donors (Lipinski definition) is 3. The SMILES string of the molecule is CC(=O)N[C@@H](Cc1cc(F)cc(F)c1)[C@H](O)CNC1(c2cccc(C(C)C)c2)CCN(C)CC1. The van der Waals surface area contributed by atoms with Gasteiger partial charge in [0.15, 0.2) is 0 Å². The van der Waals surface area contributed by atoms with Gasteiger partial charge >= 0.3 is 0 Å². The van der Waals surface area contributed by atoms with E-state index >= 15 is 0 Å². The number of nitrogens with zero attached hydrogens (tertiary/aromatic N) is 1. The lowest BCUT2D eigenvalue weighted by Crippen LogP contribution is -2.55. The molecule has 2 aromatic rings. The molecule has 2 atom stereocenters. The summed E-state index contributed by atoms with van der Waals surface area (Å²) in [5, 5.41) is 17.4. The van der Waals surface area contributed by atoms with E-state index in [4.69, 9.17) is 0 Å². The Morgan fingerprint density at radius 1 is 1.12 bits per heavy atom. The molecule has 34 heavy (non-hydrogen) atoms. The lowest BCUT2D eigenvalue weighted by molar-refractivity contribution is -0.120. The van der Waals surface area contributed by atoms with E-state index in [1.807, 2.05) is 0 Å². The summed E-state index contributed by atoms with van der Waals surface area (Å²) in [7, 11) is 2.11. The number of benzene rings is 2. The van der Waals surface area contributed by atoms with Crippen LogP contribution in [0.3, 0.4) is 0 Å². The summed E-state index contributed by atoms with van der Waals surface area (Å²) in [6.07, 6.45) is 0.949. The third kappa shape index (κ3) is 6.84. The topological polar surface area (TPSA) is 64.6 Å². The van der Waals surface area contributed by atoms with E-state index in [0.717, 1.165) is 32.0 Å². The number of halogens is 2. The standard InChI is InChI=1S/C27H37F2N3O2/c1-18(2)21-6-5-7-22(15-21)27(8-10-32(4)11-9-27)30-17-26(34)25(31-19(3)33)14-20-12-23(28)16-24(29)13-20/h5-7,12-13,15-16,18,25-26,30,34H,8-11,14,17H2,1-4H3,(H,31,33)/t25-,26+/m0/s1. The predicted molar refractivity (Wildman–Crippen MR) is 131 cm³/mol. The molecule has 7 heteroatoms. The van der Waals surface area contributed by atoms with Crippen molar-refractivity contribution in [1.29, 1.82) is 0 Å². The van der Waals surface area contributed by atoms with E-state index in [1.54, 1.807) is 0 Å². The highest BCUT2D eigenvalue weighted by Crippen LogP contribution is 2.34. The number of hydrogen-bond acceptors (Lipinski definition) is 4. The van der Waals surface area contributed by atoms with Crippen molar-refractivity contribution in [2.45, 2.75) is 63.6 Å². The van der Waals surface area contributed by atoms with Crippen molar-refractivity contribution in [3.8, 4) is 0 Å². The lowest BCUT2D eigenvalue weighted by atomic mass is 9.79. The molecule has 2 aromatic carbocycles. The fourth-order valence-electron chi connectivity index (χ4n) is 4.73. The van der Waals surface area contributed by atoms with Gasteiger partial charge in [0.25, 0.3) is 0 Å². The minimum Gasteiger partial charge on any atom is -0.390 e. The minimum atomic E-state index is -0.944. The van der Waals surface area contributed by atoms with Crippen LogP contribution in [0.1, 0.15) is 56.2 Å². The van der Waals surface area contributed by atoms with Crippen LogP contribution >= 0.6 is 0 Å². The van der Waals surface area contributed by atoms with Gasteiger partial charge in [-0.05, 0) is 74.1 Å². The maximum absolute atomic E-state index is 13.7. The van der Waals surface area contributed by atoms with E-state index in [1.165, 1.54) is 30.2 Å². The van der Waals surface area contributed by atoms with Crippen molar-refractivity contribution in [3.05, 3.63) is 70.8 Å². The van der Waals surface area contributed by atoms with Crippen molar-refractivity contribution in [1.82, 2.24) is 15.5 Å². The molecule has 1 amide bonds. The number of rotatable bonds is 9. The molecule has 0 spiro atoms. The zero-order valence-corrected chi connectivity index (χ0v) is 20.6. The zero-order chi connectivity index (χ0) is 24.9. The van der Waals surface area contributed by atoms with Crippen LogP contribution in [0.15, 0.2) is 42.5 Å². The Morgan fingerprint density at radius 3 is 2.35 bits per heavy atom. The Bertz CT molecular complexity index is 954. The van der Waals surface area contributed by atoms with Gasteiger partial charge in [-0.3, -0.25) is 4.79 Å². The molecule has 1 fully saturated rings. The minimum absolute atomic E-state index is 0.121. The third-order valence-electron chi connectivity index (χ3n) is 6.83. The van der Waals surface area contributed by atoms with Crippen molar-refractivity contribution >= 4 is 5.91 Å². The Labute approximate surface area is 201 Å². The van der Waals surface area contributed by atoms with Gasteiger partial charge in [-0.25, -0.2) is 8.78 Å². The molecule has 5 nitrogen and oxygen atoms in total. The molecule has 0 unspecified atom stereocenters.